The maximum Gasteiger partial charge on any atom is 0.254 e. The largest absolute Gasteiger partial charge is 0.398 e. The Labute approximate surface area is 106 Å². The van der Waals surface area contributed by atoms with Gasteiger partial charge in [0.25, 0.3) is 5.91 Å². The molecule has 5 heteroatoms. The summed E-state index contributed by atoms with van der Waals surface area (Å²) in [5.74, 6) is -0.643. The van der Waals surface area contributed by atoms with Gasteiger partial charge in [-0.05, 0) is 26.0 Å². The minimum atomic E-state index is -0.445. The van der Waals surface area contributed by atoms with E-state index in [1.165, 1.54) is 12.1 Å². The molecule has 2 N–H and O–H groups in total. The van der Waals surface area contributed by atoms with Gasteiger partial charge in [-0.3, -0.25) is 4.79 Å². The SMILES string of the molecule is Cc1c(N)cc(C(=O)N2CCOCC2C)cc1F. The van der Waals surface area contributed by atoms with Crippen molar-refractivity contribution in [2.24, 2.45) is 0 Å². The lowest BCUT2D eigenvalue weighted by atomic mass is 10.1. The Kier molecular flexibility index (Phi) is 3.52. The van der Waals surface area contributed by atoms with E-state index in [0.717, 1.165) is 0 Å². The summed E-state index contributed by atoms with van der Waals surface area (Å²) < 4.78 is 18.9. The first-order chi connectivity index (χ1) is 8.50. The summed E-state index contributed by atoms with van der Waals surface area (Å²) in [5, 5.41) is 0. The Morgan fingerprint density at radius 2 is 2.28 bits per heavy atom. The van der Waals surface area contributed by atoms with Gasteiger partial charge in [0.15, 0.2) is 0 Å². The third-order valence-electron chi connectivity index (χ3n) is 3.26. The van der Waals surface area contributed by atoms with E-state index in [0.29, 0.717) is 36.6 Å². The fourth-order valence-electron chi connectivity index (χ4n) is 2.02. The molecule has 0 aromatic heterocycles. The van der Waals surface area contributed by atoms with E-state index in [1.54, 1.807) is 11.8 Å². The van der Waals surface area contributed by atoms with Gasteiger partial charge in [0.1, 0.15) is 5.82 Å². The number of halogens is 1. The van der Waals surface area contributed by atoms with Crippen molar-refractivity contribution in [3.8, 4) is 0 Å². The molecule has 1 aromatic carbocycles. The van der Waals surface area contributed by atoms with Gasteiger partial charge in [-0.1, -0.05) is 0 Å². The maximum absolute atomic E-state index is 13.6. The Morgan fingerprint density at radius 1 is 1.56 bits per heavy atom. The Balaban J connectivity index is 2.28. The molecule has 0 bridgehead atoms. The molecule has 18 heavy (non-hydrogen) atoms. The predicted octanol–water partition coefficient (Wildman–Crippen LogP) is 1.58. The topological polar surface area (TPSA) is 55.6 Å². The number of rotatable bonds is 1. The molecule has 1 unspecified atom stereocenters. The molecule has 0 saturated carbocycles. The van der Waals surface area contributed by atoms with Crippen LogP contribution in [0, 0.1) is 12.7 Å². The minimum Gasteiger partial charge on any atom is -0.398 e. The van der Waals surface area contributed by atoms with E-state index in [-0.39, 0.29) is 11.9 Å². The van der Waals surface area contributed by atoms with Crippen molar-refractivity contribution in [1.29, 1.82) is 0 Å². The van der Waals surface area contributed by atoms with Crippen LogP contribution in [0.3, 0.4) is 0 Å². The Hall–Kier alpha value is -1.62. The van der Waals surface area contributed by atoms with Crippen molar-refractivity contribution in [2.75, 3.05) is 25.5 Å². The van der Waals surface area contributed by atoms with Gasteiger partial charge in [-0.15, -0.1) is 0 Å². The predicted molar refractivity (Wildman–Crippen MR) is 66.9 cm³/mol. The van der Waals surface area contributed by atoms with E-state index in [4.69, 9.17) is 10.5 Å². The average Bonchev–Trinajstić information content (AvgIpc) is 2.35. The van der Waals surface area contributed by atoms with Gasteiger partial charge in [0.05, 0.1) is 19.3 Å². The van der Waals surface area contributed by atoms with Crippen LogP contribution in [0.25, 0.3) is 0 Å². The second kappa shape index (κ2) is 4.94. The monoisotopic (exact) mass is 252 g/mol. The van der Waals surface area contributed by atoms with Crippen LogP contribution in [-0.4, -0.2) is 36.6 Å². The fraction of sp³-hybridized carbons (Fsp3) is 0.462. The number of hydrogen-bond donors (Lipinski definition) is 1. The van der Waals surface area contributed by atoms with Crippen molar-refractivity contribution < 1.29 is 13.9 Å². The van der Waals surface area contributed by atoms with Crippen LogP contribution in [0.15, 0.2) is 12.1 Å². The van der Waals surface area contributed by atoms with Crippen LogP contribution in [0.1, 0.15) is 22.8 Å². The van der Waals surface area contributed by atoms with Gasteiger partial charge in [0, 0.05) is 23.4 Å². The molecule has 1 amide bonds. The first-order valence-electron chi connectivity index (χ1n) is 5.95. The highest BCUT2D eigenvalue weighted by atomic mass is 19.1. The number of nitrogens with zero attached hydrogens (tertiary/aromatic N) is 1. The summed E-state index contributed by atoms with van der Waals surface area (Å²) in [7, 11) is 0. The summed E-state index contributed by atoms with van der Waals surface area (Å²) in [4.78, 5) is 14.0. The summed E-state index contributed by atoms with van der Waals surface area (Å²) in [6, 6.07) is 2.77. The van der Waals surface area contributed by atoms with Crippen molar-refractivity contribution >= 4 is 11.6 Å². The van der Waals surface area contributed by atoms with Crippen LogP contribution in [0.2, 0.25) is 0 Å². The molecule has 0 radical (unpaired) electrons. The van der Waals surface area contributed by atoms with Crippen LogP contribution >= 0.6 is 0 Å². The first-order valence-corrected chi connectivity index (χ1v) is 5.95. The van der Waals surface area contributed by atoms with Gasteiger partial charge in [-0.2, -0.15) is 0 Å². The number of morpholine rings is 1. The summed E-state index contributed by atoms with van der Waals surface area (Å²) in [5.41, 5.74) is 6.67. The lowest BCUT2D eigenvalue weighted by molar-refractivity contribution is 0.00357. The molecular weight excluding hydrogens is 235 g/mol. The fourth-order valence-corrected chi connectivity index (χ4v) is 2.02. The van der Waals surface area contributed by atoms with Crippen molar-refractivity contribution in [2.45, 2.75) is 19.9 Å². The molecule has 1 heterocycles. The molecule has 4 nitrogen and oxygen atoms in total. The van der Waals surface area contributed by atoms with E-state index < -0.39 is 5.82 Å². The third-order valence-corrected chi connectivity index (χ3v) is 3.26. The standard InChI is InChI=1S/C13H17FN2O2/c1-8-7-18-4-3-16(8)13(17)10-5-11(14)9(2)12(15)6-10/h5-6,8H,3-4,7,15H2,1-2H3. The zero-order valence-corrected chi connectivity index (χ0v) is 10.6. The molecule has 0 spiro atoms. The second-order valence-electron chi connectivity index (χ2n) is 4.59. The zero-order valence-electron chi connectivity index (χ0n) is 10.6. The van der Waals surface area contributed by atoms with Gasteiger partial charge in [-0.25, -0.2) is 4.39 Å². The highest BCUT2D eigenvalue weighted by Crippen LogP contribution is 2.20. The quantitative estimate of drug-likeness (QED) is 0.772. The number of hydrogen-bond acceptors (Lipinski definition) is 3. The van der Waals surface area contributed by atoms with Gasteiger partial charge < -0.3 is 15.4 Å². The van der Waals surface area contributed by atoms with E-state index in [9.17, 15) is 9.18 Å². The van der Waals surface area contributed by atoms with E-state index in [2.05, 4.69) is 0 Å². The Bertz CT molecular complexity index is 453. The molecular formula is C13H17FN2O2. The van der Waals surface area contributed by atoms with Crippen LogP contribution in [0.5, 0.6) is 0 Å². The normalized spacial score (nSPS) is 19.9. The lowest BCUT2D eigenvalue weighted by Gasteiger charge is -2.33. The molecule has 1 aromatic rings. The molecule has 1 saturated heterocycles. The smallest absolute Gasteiger partial charge is 0.254 e. The molecule has 1 aliphatic rings. The molecule has 0 aliphatic carbocycles. The molecule has 2 rings (SSSR count). The number of carbonyl (C=O) groups excluding carboxylic acids is 1. The molecule has 1 fully saturated rings. The summed E-state index contributed by atoms with van der Waals surface area (Å²) in [6.07, 6.45) is 0. The summed E-state index contributed by atoms with van der Waals surface area (Å²) >= 11 is 0. The zero-order chi connectivity index (χ0) is 13.3. The number of anilines is 1. The lowest BCUT2D eigenvalue weighted by Crippen LogP contribution is -2.47. The van der Waals surface area contributed by atoms with Crippen LogP contribution in [-0.2, 0) is 4.74 Å². The number of benzene rings is 1. The second-order valence-corrected chi connectivity index (χ2v) is 4.59. The first kappa shape index (κ1) is 12.8. The molecule has 1 atom stereocenters. The third kappa shape index (κ3) is 2.31. The van der Waals surface area contributed by atoms with Crippen molar-refractivity contribution in [3.05, 3.63) is 29.1 Å². The highest BCUT2D eigenvalue weighted by molar-refractivity contribution is 5.95. The number of nitrogen functional groups attached to an aromatic ring is 1. The average molecular weight is 252 g/mol. The van der Waals surface area contributed by atoms with Crippen molar-refractivity contribution in [3.63, 3.8) is 0 Å². The minimum absolute atomic E-state index is 0.00293. The van der Waals surface area contributed by atoms with Crippen LogP contribution < -0.4 is 5.73 Å². The van der Waals surface area contributed by atoms with Gasteiger partial charge in [0.2, 0.25) is 0 Å². The Morgan fingerprint density at radius 3 is 2.89 bits per heavy atom. The van der Waals surface area contributed by atoms with Crippen molar-refractivity contribution in [1.82, 2.24) is 4.90 Å². The van der Waals surface area contributed by atoms with E-state index in [1.807, 2.05) is 6.92 Å². The van der Waals surface area contributed by atoms with E-state index >= 15 is 0 Å². The number of carbonyl (C=O) groups is 1. The van der Waals surface area contributed by atoms with Gasteiger partial charge >= 0.3 is 0 Å². The summed E-state index contributed by atoms with van der Waals surface area (Å²) in [6.45, 7) is 5.05. The molecule has 98 valence electrons. The number of ether oxygens (including phenoxy) is 1. The molecule has 1 aliphatic heterocycles. The maximum atomic E-state index is 13.6. The highest BCUT2D eigenvalue weighted by Gasteiger charge is 2.25. The van der Waals surface area contributed by atoms with Crippen LogP contribution in [0.4, 0.5) is 10.1 Å². The number of amides is 1. The number of nitrogens with two attached hydrogens (primary N) is 1.